The topological polar surface area (TPSA) is 61.4 Å². The molecule has 0 saturated carbocycles. The first kappa shape index (κ1) is 23.7. The molecule has 5 nitrogen and oxygen atoms in total. The van der Waals surface area contributed by atoms with E-state index in [1.54, 1.807) is 6.07 Å². The second kappa shape index (κ2) is 12.2. The van der Waals surface area contributed by atoms with Crippen molar-refractivity contribution in [2.24, 2.45) is 0 Å². The van der Waals surface area contributed by atoms with E-state index < -0.39 is 6.04 Å². The molecule has 0 fully saturated rings. The predicted octanol–water partition coefficient (Wildman–Crippen LogP) is 4.25. The maximum atomic E-state index is 13.0. The molecule has 6 heteroatoms. The van der Waals surface area contributed by atoms with Gasteiger partial charge in [-0.1, -0.05) is 74.5 Å². The summed E-state index contributed by atoms with van der Waals surface area (Å²) in [5.41, 5.74) is 3.29. The Morgan fingerprint density at radius 3 is 2.19 bits per heavy atom. The zero-order valence-corrected chi connectivity index (χ0v) is 19.5. The highest BCUT2D eigenvalue weighted by atomic mass is 32.1. The van der Waals surface area contributed by atoms with Gasteiger partial charge >= 0.3 is 0 Å². The maximum Gasteiger partial charge on any atom is 0.262 e. The number of carbonyl (C=O) groups is 2. The summed E-state index contributed by atoms with van der Waals surface area (Å²) in [6.45, 7) is 7.72. The Kier molecular flexibility index (Phi) is 9.01. The lowest BCUT2D eigenvalue weighted by Crippen LogP contribution is -2.47. The van der Waals surface area contributed by atoms with Crippen molar-refractivity contribution in [3.63, 3.8) is 0 Å². The molecule has 1 heterocycles. The molecule has 2 amide bonds. The summed E-state index contributed by atoms with van der Waals surface area (Å²) in [7, 11) is 0. The highest BCUT2D eigenvalue weighted by Crippen LogP contribution is 2.11. The number of amides is 2. The van der Waals surface area contributed by atoms with E-state index in [9.17, 15) is 9.59 Å². The molecule has 0 spiro atoms. The maximum absolute atomic E-state index is 13.0. The van der Waals surface area contributed by atoms with E-state index in [1.807, 2.05) is 41.8 Å². The molecule has 0 bridgehead atoms. The van der Waals surface area contributed by atoms with Gasteiger partial charge in [0.25, 0.3) is 5.91 Å². The van der Waals surface area contributed by atoms with Gasteiger partial charge in [0.05, 0.1) is 4.88 Å². The number of hydrogen-bond donors (Lipinski definition) is 2. The number of nitrogens with one attached hydrogen (secondary N) is 2. The van der Waals surface area contributed by atoms with E-state index in [4.69, 9.17) is 0 Å². The summed E-state index contributed by atoms with van der Waals surface area (Å²) in [5, 5.41) is 7.75. The lowest BCUT2D eigenvalue weighted by Gasteiger charge is -2.19. The Hall–Kier alpha value is -2.96. The van der Waals surface area contributed by atoms with Crippen LogP contribution in [-0.4, -0.2) is 35.8 Å². The van der Waals surface area contributed by atoms with Crippen molar-refractivity contribution >= 4 is 23.2 Å². The van der Waals surface area contributed by atoms with Crippen LogP contribution >= 0.6 is 11.3 Å². The number of rotatable bonds is 11. The summed E-state index contributed by atoms with van der Waals surface area (Å²) in [6, 6.07) is 21.0. The highest BCUT2D eigenvalue weighted by molar-refractivity contribution is 7.12. The second-order valence-corrected chi connectivity index (χ2v) is 8.64. The average molecular weight is 450 g/mol. The summed E-state index contributed by atoms with van der Waals surface area (Å²) < 4.78 is 0. The van der Waals surface area contributed by atoms with Crippen LogP contribution in [0.5, 0.6) is 0 Å². The Labute approximate surface area is 194 Å². The fraction of sp³-hybridized carbons (Fsp3) is 0.308. The molecule has 1 aromatic heterocycles. The normalized spacial score (nSPS) is 11.8. The van der Waals surface area contributed by atoms with Gasteiger partial charge < -0.3 is 10.6 Å². The van der Waals surface area contributed by atoms with Crippen molar-refractivity contribution in [3.05, 3.63) is 93.7 Å². The molecule has 0 saturated heterocycles. The van der Waals surface area contributed by atoms with Crippen molar-refractivity contribution in [1.82, 2.24) is 15.5 Å². The zero-order chi connectivity index (χ0) is 22.8. The smallest absolute Gasteiger partial charge is 0.262 e. The third kappa shape index (κ3) is 7.04. The van der Waals surface area contributed by atoms with Gasteiger partial charge in [-0.05, 0) is 41.2 Å². The first-order valence-corrected chi connectivity index (χ1v) is 11.9. The van der Waals surface area contributed by atoms with Gasteiger partial charge in [0.15, 0.2) is 0 Å². The van der Waals surface area contributed by atoms with Crippen LogP contribution in [0.1, 0.15) is 40.2 Å². The van der Waals surface area contributed by atoms with E-state index in [0.29, 0.717) is 17.8 Å². The second-order valence-electron chi connectivity index (χ2n) is 7.69. The van der Waals surface area contributed by atoms with E-state index >= 15 is 0 Å². The lowest BCUT2D eigenvalue weighted by atomic mass is 10.0. The van der Waals surface area contributed by atoms with Crippen molar-refractivity contribution in [2.75, 3.05) is 13.1 Å². The largest absolute Gasteiger partial charge is 0.350 e. The molecule has 168 valence electrons. The number of carbonyl (C=O) groups excluding carboxylic acids is 2. The molecule has 0 unspecified atom stereocenters. The van der Waals surface area contributed by atoms with Crippen LogP contribution in [0.3, 0.4) is 0 Å². The van der Waals surface area contributed by atoms with Gasteiger partial charge in [-0.15, -0.1) is 11.3 Å². The molecule has 3 rings (SSSR count). The number of benzene rings is 2. The van der Waals surface area contributed by atoms with Crippen molar-refractivity contribution in [1.29, 1.82) is 0 Å². The van der Waals surface area contributed by atoms with E-state index in [1.165, 1.54) is 16.9 Å². The number of thiophene rings is 1. The minimum Gasteiger partial charge on any atom is -0.350 e. The van der Waals surface area contributed by atoms with E-state index in [0.717, 1.165) is 30.8 Å². The van der Waals surface area contributed by atoms with Gasteiger partial charge in [-0.25, -0.2) is 0 Å². The van der Waals surface area contributed by atoms with Gasteiger partial charge in [0.1, 0.15) is 6.04 Å². The summed E-state index contributed by atoms with van der Waals surface area (Å²) >= 11 is 1.36. The Morgan fingerprint density at radius 1 is 0.875 bits per heavy atom. The van der Waals surface area contributed by atoms with Crippen molar-refractivity contribution in [2.45, 2.75) is 39.4 Å². The first-order valence-electron chi connectivity index (χ1n) is 11.0. The van der Waals surface area contributed by atoms with E-state index in [-0.39, 0.29) is 11.8 Å². The van der Waals surface area contributed by atoms with Crippen LogP contribution in [-0.2, 0) is 24.3 Å². The van der Waals surface area contributed by atoms with Crippen LogP contribution in [0.15, 0.2) is 72.1 Å². The molecule has 0 aliphatic carbocycles. The van der Waals surface area contributed by atoms with Crippen LogP contribution in [0.25, 0.3) is 0 Å². The molecular formula is C26H31N3O2S. The van der Waals surface area contributed by atoms with Gasteiger partial charge in [0, 0.05) is 19.5 Å². The zero-order valence-electron chi connectivity index (χ0n) is 18.7. The van der Waals surface area contributed by atoms with Crippen LogP contribution in [0, 0.1) is 0 Å². The van der Waals surface area contributed by atoms with Gasteiger partial charge in [-0.2, -0.15) is 0 Å². The highest BCUT2D eigenvalue weighted by Gasteiger charge is 2.22. The molecule has 1 atom stereocenters. The summed E-state index contributed by atoms with van der Waals surface area (Å²) in [4.78, 5) is 28.5. The molecular weight excluding hydrogens is 418 g/mol. The van der Waals surface area contributed by atoms with Crippen molar-refractivity contribution in [3.8, 4) is 0 Å². The lowest BCUT2D eigenvalue weighted by molar-refractivity contribution is -0.123. The molecule has 32 heavy (non-hydrogen) atoms. The fourth-order valence-corrected chi connectivity index (χ4v) is 4.10. The summed E-state index contributed by atoms with van der Waals surface area (Å²) in [5.74, 6) is -0.414. The average Bonchev–Trinajstić information content (AvgIpc) is 3.37. The van der Waals surface area contributed by atoms with Crippen molar-refractivity contribution < 1.29 is 9.59 Å². The first-order chi connectivity index (χ1) is 15.6. The van der Waals surface area contributed by atoms with Gasteiger partial charge in [-0.3, -0.25) is 14.5 Å². The number of nitrogens with zero attached hydrogens (tertiary/aromatic N) is 1. The number of hydrogen-bond acceptors (Lipinski definition) is 4. The monoisotopic (exact) mass is 449 g/mol. The Balaban J connectivity index is 1.62. The van der Waals surface area contributed by atoms with Crippen LogP contribution < -0.4 is 10.6 Å². The molecule has 3 aromatic rings. The predicted molar refractivity (Wildman–Crippen MR) is 131 cm³/mol. The van der Waals surface area contributed by atoms with Crippen LogP contribution in [0.2, 0.25) is 0 Å². The van der Waals surface area contributed by atoms with Gasteiger partial charge in [0.2, 0.25) is 5.91 Å². The third-order valence-corrected chi connectivity index (χ3v) is 6.31. The fourth-order valence-electron chi connectivity index (χ4n) is 3.48. The Bertz CT molecular complexity index is 968. The van der Waals surface area contributed by atoms with Crippen LogP contribution in [0.4, 0.5) is 0 Å². The minimum absolute atomic E-state index is 0.189. The Morgan fingerprint density at radius 2 is 1.56 bits per heavy atom. The molecule has 0 aliphatic rings. The molecule has 2 N–H and O–H groups in total. The minimum atomic E-state index is -0.645. The SMILES string of the molecule is CCN(CC)Cc1ccc(CNC(=O)[C@H](Cc2ccccc2)NC(=O)c2cccs2)cc1. The standard InChI is InChI=1S/C26H31N3O2S/c1-3-29(4-2)19-22-14-12-21(13-15-22)18-27-25(30)23(17-20-9-6-5-7-10-20)28-26(31)24-11-8-16-32-24/h5-16,23H,3-4,17-19H2,1-2H3,(H,27,30)(H,28,31)/t23-/m0/s1. The van der Waals surface area contributed by atoms with E-state index in [2.05, 4.69) is 53.6 Å². The molecule has 0 aliphatic heterocycles. The third-order valence-electron chi connectivity index (χ3n) is 5.44. The molecule has 2 aromatic carbocycles. The summed E-state index contributed by atoms with van der Waals surface area (Å²) in [6.07, 6.45) is 0.437. The quantitative estimate of drug-likeness (QED) is 0.460. The molecule has 0 radical (unpaired) electrons.